The van der Waals surface area contributed by atoms with Crippen molar-refractivity contribution in [1.29, 1.82) is 0 Å². The smallest absolute Gasteiger partial charge is 0.261 e. The summed E-state index contributed by atoms with van der Waals surface area (Å²) < 4.78 is 34.7. The number of nitrogens with zero attached hydrogens (tertiary/aromatic N) is 1. The molecule has 3 rings (SSSR count). The first kappa shape index (κ1) is 29.2. The molecule has 0 fully saturated rings. The highest BCUT2D eigenvalue weighted by Crippen LogP contribution is 2.24. The highest BCUT2D eigenvalue weighted by molar-refractivity contribution is 7.92. The Morgan fingerprint density at radius 1 is 0.763 bits per heavy atom. The summed E-state index contributed by atoms with van der Waals surface area (Å²) in [6.45, 7) is 2.87. The molecule has 0 saturated carbocycles. The van der Waals surface area contributed by atoms with Gasteiger partial charge in [0.1, 0.15) is 11.5 Å². The molecule has 3 aromatic rings. The minimum Gasteiger partial charge on any atom is -0.494 e. The summed E-state index contributed by atoms with van der Waals surface area (Å²) in [4.78, 5) is 0.126. The van der Waals surface area contributed by atoms with Gasteiger partial charge in [-0.3, -0.25) is 4.72 Å². The molecule has 0 aromatic heterocycles. The van der Waals surface area contributed by atoms with Crippen LogP contribution in [-0.4, -0.2) is 25.9 Å². The number of ether oxygens (including phenoxy) is 1. The van der Waals surface area contributed by atoms with E-state index in [1.807, 2.05) is 18.2 Å². The normalized spacial score (nSPS) is 11.9. The standard InChI is InChI=1S/C31H40N2O4S/c1-2-3-4-5-6-7-8-9-10-16-25-37-27-21-23-28(24-22-27)38(35,36)33-30-20-15-14-19-29(30)31(32-34)26-17-12-11-13-18-26/h11-15,17-24,33-34H,2-10,16,25H2,1H3. The summed E-state index contributed by atoms with van der Waals surface area (Å²) in [5, 5.41) is 13.1. The zero-order valence-corrected chi connectivity index (χ0v) is 23.1. The molecule has 0 aliphatic rings. The van der Waals surface area contributed by atoms with Crippen LogP contribution in [0.15, 0.2) is 88.9 Å². The van der Waals surface area contributed by atoms with Gasteiger partial charge in [-0.15, -0.1) is 0 Å². The van der Waals surface area contributed by atoms with Crippen molar-refractivity contribution < 1.29 is 18.4 Å². The molecular formula is C31H40N2O4S. The second-order valence-electron chi connectivity index (χ2n) is 9.47. The Labute approximate surface area is 227 Å². The van der Waals surface area contributed by atoms with E-state index >= 15 is 0 Å². The van der Waals surface area contributed by atoms with E-state index in [1.54, 1.807) is 48.5 Å². The summed E-state index contributed by atoms with van der Waals surface area (Å²) in [6.07, 6.45) is 12.7. The third-order valence-electron chi connectivity index (χ3n) is 6.47. The molecule has 2 N–H and O–H groups in total. The fraction of sp³-hybridized carbons (Fsp3) is 0.387. The predicted molar refractivity (Wildman–Crippen MR) is 155 cm³/mol. The fourth-order valence-corrected chi connectivity index (χ4v) is 5.42. The Bertz CT molecular complexity index is 1230. The molecule has 0 heterocycles. The molecule has 38 heavy (non-hydrogen) atoms. The number of anilines is 1. The topological polar surface area (TPSA) is 88.0 Å². The van der Waals surface area contributed by atoms with E-state index in [2.05, 4.69) is 16.8 Å². The fourth-order valence-electron chi connectivity index (χ4n) is 4.34. The first-order valence-corrected chi connectivity index (χ1v) is 15.2. The molecule has 7 heteroatoms. The molecule has 0 radical (unpaired) electrons. The highest BCUT2D eigenvalue weighted by Gasteiger charge is 2.19. The van der Waals surface area contributed by atoms with Crippen LogP contribution in [0.5, 0.6) is 5.75 Å². The highest BCUT2D eigenvalue weighted by atomic mass is 32.2. The Hall–Kier alpha value is -3.32. The van der Waals surface area contributed by atoms with Crippen molar-refractivity contribution in [3.8, 4) is 5.75 Å². The second kappa shape index (κ2) is 15.8. The summed E-state index contributed by atoms with van der Waals surface area (Å²) >= 11 is 0. The molecule has 6 nitrogen and oxygen atoms in total. The van der Waals surface area contributed by atoms with Gasteiger partial charge in [0.15, 0.2) is 0 Å². The monoisotopic (exact) mass is 536 g/mol. The molecule has 0 spiro atoms. The van der Waals surface area contributed by atoms with E-state index in [0.29, 0.717) is 29.2 Å². The third-order valence-corrected chi connectivity index (χ3v) is 7.86. The van der Waals surface area contributed by atoms with Crippen molar-refractivity contribution in [3.05, 3.63) is 90.0 Å². The molecule has 0 bridgehead atoms. The first-order chi connectivity index (χ1) is 18.5. The van der Waals surface area contributed by atoms with Gasteiger partial charge in [0, 0.05) is 11.1 Å². The van der Waals surface area contributed by atoms with E-state index in [0.717, 1.165) is 12.8 Å². The van der Waals surface area contributed by atoms with Gasteiger partial charge in [-0.25, -0.2) is 8.42 Å². The lowest BCUT2D eigenvalue weighted by molar-refractivity contribution is 0.304. The average molecular weight is 537 g/mol. The molecular weight excluding hydrogens is 496 g/mol. The van der Waals surface area contributed by atoms with Gasteiger partial charge in [-0.1, -0.05) is 118 Å². The Morgan fingerprint density at radius 3 is 1.97 bits per heavy atom. The number of sulfonamides is 1. The van der Waals surface area contributed by atoms with E-state index in [-0.39, 0.29) is 10.6 Å². The van der Waals surface area contributed by atoms with Crippen molar-refractivity contribution in [2.24, 2.45) is 5.16 Å². The van der Waals surface area contributed by atoms with Crippen LogP contribution >= 0.6 is 0 Å². The SMILES string of the molecule is CCCCCCCCCCCCOc1ccc(S(=O)(=O)Nc2ccccc2C(=NO)c2ccccc2)cc1. The number of rotatable bonds is 17. The van der Waals surface area contributed by atoms with E-state index in [4.69, 9.17) is 4.74 Å². The number of para-hydroxylation sites is 1. The van der Waals surface area contributed by atoms with Crippen LogP contribution in [0.3, 0.4) is 0 Å². The van der Waals surface area contributed by atoms with Gasteiger partial charge in [0.2, 0.25) is 0 Å². The van der Waals surface area contributed by atoms with Gasteiger partial charge < -0.3 is 9.94 Å². The van der Waals surface area contributed by atoms with Crippen LogP contribution < -0.4 is 9.46 Å². The van der Waals surface area contributed by atoms with Crippen molar-refractivity contribution in [2.45, 2.75) is 76.0 Å². The van der Waals surface area contributed by atoms with Gasteiger partial charge in [-0.2, -0.15) is 0 Å². The van der Waals surface area contributed by atoms with Gasteiger partial charge in [0.05, 0.1) is 17.2 Å². The molecule has 0 amide bonds. The van der Waals surface area contributed by atoms with Crippen molar-refractivity contribution in [1.82, 2.24) is 0 Å². The van der Waals surface area contributed by atoms with Crippen molar-refractivity contribution in [3.63, 3.8) is 0 Å². The Kier molecular flexibility index (Phi) is 12.2. The largest absolute Gasteiger partial charge is 0.494 e. The second-order valence-corrected chi connectivity index (χ2v) is 11.1. The molecule has 0 atom stereocenters. The summed E-state index contributed by atoms with van der Waals surface area (Å²) in [5.41, 5.74) is 1.75. The molecule has 0 saturated heterocycles. The zero-order chi connectivity index (χ0) is 27.1. The Balaban J connectivity index is 1.50. The molecule has 0 unspecified atom stereocenters. The number of hydrogen-bond acceptors (Lipinski definition) is 5. The molecule has 0 aliphatic heterocycles. The summed E-state index contributed by atoms with van der Waals surface area (Å²) in [7, 11) is -3.86. The van der Waals surface area contributed by atoms with Crippen molar-refractivity contribution >= 4 is 21.4 Å². The van der Waals surface area contributed by atoms with Crippen LogP contribution in [0.4, 0.5) is 5.69 Å². The summed E-state index contributed by atoms with van der Waals surface area (Å²) in [5.74, 6) is 0.652. The lowest BCUT2D eigenvalue weighted by Crippen LogP contribution is -2.16. The number of benzene rings is 3. The first-order valence-electron chi connectivity index (χ1n) is 13.7. The maximum Gasteiger partial charge on any atom is 0.261 e. The van der Waals surface area contributed by atoms with E-state index < -0.39 is 10.0 Å². The number of unbranched alkanes of at least 4 members (excludes halogenated alkanes) is 9. The summed E-state index contributed by atoms with van der Waals surface area (Å²) in [6, 6.07) is 22.4. The number of nitrogens with one attached hydrogen (secondary N) is 1. The third kappa shape index (κ3) is 9.21. The Morgan fingerprint density at radius 2 is 1.34 bits per heavy atom. The zero-order valence-electron chi connectivity index (χ0n) is 22.3. The predicted octanol–water partition coefficient (Wildman–Crippen LogP) is 8.01. The molecule has 3 aromatic carbocycles. The minimum atomic E-state index is -3.86. The van der Waals surface area contributed by atoms with Crippen molar-refractivity contribution in [2.75, 3.05) is 11.3 Å². The average Bonchev–Trinajstić information content (AvgIpc) is 2.94. The maximum atomic E-state index is 13.1. The van der Waals surface area contributed by atoms with E-state index in [1.165, 1.54) is 63.5 Å². The van der Waals surface area contributed by atoms with Gasteiger partial charge in [-0.05, 0) is 36.8 Å². The number of oxime groups is 1. The molecule has 0 aliphatic carbocycles. The van der Waals surface area contributed by atoms with Crippen LogP contribution in [0.1, 0.15) is 82.3 Å². The van der Waals surface area contributed by atoms with Crippen LogP contribution in [0, 0.1) is 0 Å². The van der Waals surface area contributed by atoms with E-state index in [9.17, 15) is 13.6 Å². The van der Waals surface area contributed by atoms with Gasteiger partial charge in [0.25, 0.3) is 10.0 Å². The molecule has 204 valence electrons. The maximum absolute atomic E-state index is 13.1. The van der Waals surface area contributed by atoms with Crippen LogP contribution in [0.25, 0.3) is 0 Å². The number of hydrogen-bond donors (Lipinski definition) is 2. The lowest BCUT2D eigenvalue weighted by Gasteiger charge is -2.14. The van der Waals surface area contributed by atoms with Crippen LogP contribution in [0.2, 0.25) is 0 Å². The van der Waals surface area contributed by atoms with Gasteiger partial charge >= 0.3 is 0 Å². The quantitative estimate of drug-likeness (QED) is 0.0791. The van der Waals surface area contributed by atoms with Crippen LogP contribution in [-0.2, 0) is 10.0 Å². The minimum absolute atomic E-state index is 0.126. The lowest BCUT2D eigenvalue weighted by atomic mass is 10.0.